The summed E-state index contributed by atoms with van der Waals surface area (Å²) in [7, 11) is 3.45. The molecule has 13 heavy (non-hydrogen) atoms. The van der Waals surface area contributed by atoms with Crippen LogP contribution >= 0.6 is 12.2 Å². The van der Waals surface area contributed by atoms with Crippen molar-refractivity contribution >= 4 is 12.2 Å². The lowest BCUT2D eigenvalue weighted by Gasteiger charge is -1.99. The zero-order chi connectivity index (χ0) is 9.68. The number of hydrogen-bond acceptors (Lipinski definition) is 4. The summed E-state index contributed by atoms with van der Waals surface area (Å²) in [6, 6.07) is 0. The van der Waals surface area contributed by atoms with E-state index in [0.29, 0.717) is 24.6 Å². The molecule has 0 bridgehead atoms. The molecule has 0 aliphatic rings. The normalized spacial score (nSPS) is 10.6. The lowest BCUT2D eigenvalue weighted by molar-refractivity contribution is 0.0586. The van der Waals surface area contributed by atoms with Gasteiger partial charge in [-0.2, -0.15) is 0 Å². The minimum absolute atomic E-state index is 0.438. The molecule has 5 nitrogen and oxygen atoms in total. The fraction of sp³-hybridized carbons (Fsp3) is 0.714. The van der Waals surface area contributed by atoms with Gasteiger partial charge in [0.15, 0.2) is 0 Å². The minimum atomic E-state index is 0.438. The average molecular weight is 203 g/mol. The number of nitrogens with zero attached hydrogens (tertiary/aromatic N) is 2. The number of nitrogens with one attached hydrogen (secondary N) is 1. The summed E-state index contributed by atoms with van der Waals surface area (Å²) >= 11 is 4.92. The molecule has 0 radical (unpaired) electrons. The van der Waals surface area contributed by atoms with Crippen molar-refractivity contribution in [3.63, 3.8) is 0 Å². The van der Waals surface area contributed by atoms with Crippen LogP contribution in [0.2, 0.25) is 0 Å². The van der Waals surface area contributed by atoms with Crippen molar-refractivity contribution in [1.82, 2.24) is 14.8 Å². The molecule has 0 spiro atoms. The second kappa shape index (κ2) is 5.11. The third-order valence-electron chi connectivity index (χ3n) is 1.48. The molecule has 1 heterocycles. The maximum Gasteiger partial charge on any atom is 0.215 e. The Labute approximate surface area is 81.7 Å². The molecule has 0 fully saturated rings. The molecular formula is C7H13N3O2S. The first kappa shape index (κ1) is 10.4. The molecule has 1 N–H and O–H groups in total. The fourth-order valence-electron chi connectivity index (χ4n) is 0.833. The first-order valence-corrected chi connectivity index (χ1v) is 4.33. The molecule has 1 aromatic heterocycles. The van der Waals surface area contributed by atoms with E-state index in [1.165, 1.54) is 0 Å². The Morgan fingerprint density at radius 2 is 2.31 bits per heavy atom. The molecular weight excluding hydrogens is 190 g/mol. The maximum absolute atomic E-state index is 5.25. The summed E-state index contributed by atoms with van der Waals surface area (Å²) in [5.74, 6) is 0.739. The van der Waals surface area contributed by atoms with Crippen LogP contribution in [-0.4, -0.2) is 35.1 Å². The number of ether oxygens (including phenoxy) is 2. The van der Waals surface area contributed by atoms with Gasteiger partial charge in [0.2, 0.25) is 4.77 Å². The van der Waals surface area contributed by atoms with Crippen LogP contribution < -0.4 is 0 Å². The van der Waals surface area contributed by atoms with Crippen molar-refractivity contribution in [2.24, 2.45) is 7.05 Å². The quantitative estimate of drug-likeness (QED) is 0.563. The number of aromatic amines is 1. The topological polar surface area (TPSA) is 52.1 Å². The van der Waals surface area contributed by atoms with Gasteiger partial charge in [-0.25, -0.2) is 4.98 Å². The van der Waals surface area contributed by atoms with Crippen LogP contribution in [0, 0.1) is 4.77 Å². The summed E-state index contributed by atoms with van der Waals surface area (Å²) in [6.07, 6.45) is 0. The van der Waals surface area contributed by atoms with Crippen molar-refractivity contribution < 1.29 is 9.47 Å². The van der Waals surface area contributed by atoms with E-state index in [0.717, 1.165) is 5.82 Å². The summed E-state index contributed by atoms with van der Waals surface area (Å²) < 4.78 is 12.3. The van der Waals surface area contributed by atoms with Crippen molar-refractivity contribution in [1.29, 1.82) is 0 Å². The van der Waals surface area contributed by atoms with Gasteiger partial charge in [0.1, 0.15) is 12.4 Å². The van der Waals surface area contributed by atoms with Crippen molar-refractivity contribution in [3.8, 4) is 0 Å². The van der Waals surface area contributed by atoms with Gasteiger partial charge < -0.3 is 9.47 Å². The Hall–Kier alpha value is -0.720. The van der Waals surface area contributed by atoms with Crippen molar-refractivity contribution in [2.75, 3.05) is 20.3 Å². The fourth-order valence-corrected chi connectivity index (χ4v) is 0.988. The van der Waals surface area contributed by atoms with Crippen LogP contribution in [0.4, 0.5) is 0 Å². The Morgan fingerprint density at radius 1 is 1.54 bits per heavy atom. The van der Waals surface area contributed by atoms with Gasteiger partial charge in [0, 0.05) is 14.2 Å². The Bertz CT molecular complexity index is 307. The number of methoxy groups -OCH3 is 1. The van der Waals surface area contributed by atoms with E-state index in [2.05, 4.69) is 10.1 Å². The van der Waals surface area contributed by atoms with Gasteiger partial charge >= 0.3 is 0 Å². The molecule has 0 saturated heterocycles. The lowest BCUT2D eigenvalue weighted by Crippen LogP contribution is -2.03. The molecule has 0 atom stereocenters. The second-order valence-corrected chi connectivity index (χ2v) is 2.92. The first-order chi connectivity index (χ1) is 6.24. The number of H-pyrrole nitrogens is 1. The molecule has 0 amide bonds. The highest BCUT2D eigenvalue weighted by atomic mass is 32.1. The Balaban J connectivity index is 2.33. The van der Waals surface area contributed by atoms with Crippen molar-refractivity contribution in [3.05, 3.63) is 10.6 Å². The lowest BCUT2D eigenvalue weighted by atomic mass is 10.6. The molecule has 0 unspecified atom stereocenters. The molecule has 6 heteroatoms. The average Bonchev–Trinajstić information content (AvgIpc) is 2.41. The van der Waals surface area contributed by atoms with E-state index in [9.17, 15) is 0 Å². The van der Waals surface area contributed by atoms with E-state index < -0.39 is 0 Å². The summed E-state index contributed by atoms with van der Waals surface area (Å²) in [6.45, 7) is 1.59. The third-order valence-corrected chi connectivity index (χ3v) is 1.85. The van der Waals surface area contributed by atoms with Crippen molar-refractivity contribution in [2.45, 2.75) is 6.61 Å². The number of hydrogen-bond donors (Lipinski definition) is 1. The van der Waals surface area contributed by atoms with Crippen LogP contribution in [-0.2, 0) is 23.1 Å². The highest BCUT2D eigenvalue weighted by Crippen LogP contribution is 1.93. The zero-order valence-electron chi connectivity index (χ0n) is 7.74. The molecule has 1 aromatic rings. The molecule has 0 aliphatic heterocycles. The summed E-state index contributed by atoms with van der Waals surface area (Å²) in [5, 5.41) is 2.96. The largest absolute Gasteiger partial charge is 0.382 e. The number of aromatic nitrogens is 3. The minimum Gasteiger partial charge on any atom is -0.382 e. The molecule has 1 rings (SSSR count). The van der Waals surface area contributed by atoms with Gasteiger partial charge in [-0.05, 0) is 12.2 Å². The van der Waals surface area contributed by atoms with Crippen LogP contribution in [0.5, 0.6) is 0 Å². The monoisotopic (exact) mass is 203 g/mol. The molecule has 74 valence electrons. The van der Waals surface area contributed by atoms with Gasteiger partial charge in [0.05, 0.1) is 13.2 Å². The standard InChI is InChI=1S/C7H13N3O2S/c1-10-7(13)8-6(9-10)5-12-4-3-11-2/h3-5H2,1-2H3,(H,8,9,13). The van der Waals surface area contributed by atoms with E-state index in [4.69, 9.17) is 21.7 Å². The first-order valence-electron chi connectivity index (χ1n) is 3.92. The van der Waals surface area contributed by atoms with E-state index in [-0.39, 0.29) is 0 Å². The van der Waals surface area contributed by atoms with Gasteiger partial charge in [-0.15, -0.1) is 0 Å². The summed E-state index contributed by atoms with van der Waals surface area (Å²) in [5.41, 5.74) is 0. The highest BCUT2D eigenvalue weighted by molar-refractivity contribution is 7.71. The van der Waals surface area contributed by atoms with Gasteiger partial charge in [-0.1, -0.05) is 0 Å². The van der Waals surface area contributed by atoms with Crippen LogP contribution in [0.1, 0.15) is 5.82 Å². The van der Waals surface area contributed by atoms with E-state index in [1.807, 2.05) is 7.05 Å². The SMILES string of the molecule is COCCOCc1nc(=S)n(C)[nH]1. The zero-order valence-corrected chi connectivity index (χ0v) is 8.56. The third kappa shape index (κ3) is 3.25. The Kier molecular flexibility index (Phi) is 4.07. The number of aryl methyl sites for hydroxylation is 1. The molecule has 0 aliphatic carbocycles. The van der Waals surface area contributed by atoms with Crippen LogP contribution in [0.3, 0.4) is 0 Å². The summed E-state index contributed by atoms with van der Waals surface area (Å²) in [4.78, 5) is 4.06. The number of rotatable bonds is 5. The molecule has 0 aromatic carbocycles. The van der Waals surface area contributed by atoms with Gasteiger partial charge in [-0.3, -0.25) is 9.78 Å². The second-order valence-electron chi connectivity index (χ2n) is 2.56. The smallest absolute Gasteiger partial charge is 0.215 e. The highest BCUT2D eigenvalue weighted by Gasteiger charge is 1.98. The predicted octanol–water partition coefficient (Wildman–Crippen LogP) is 0.641. The predicted molar refractivity (Wildman–Crippen MR) is 49.9 cm³/mol. The van der Waals surface area contributed by atoms with Crippen LogP contribution in [0.15, 0.2) is 0 Å². The molecule has 0 saturated carbocycles. The van der Waals surface area contributed by atoms with E-state index >= 15 is 0 Å². The van der Waals surface area contributed by atoms with Crippen LogP contribution in [0.25, 0.3) is 0 Å². The van der Waals surface area contributed by atoms with E-state index in [1.54, 1.807) is 11.8 Å². The Morgan fingerprint density at radius 3 is 2.85 bits per heavy atom. The maximum atomic E-state index is 5.25. The van der Waals surface area contributed by atoms with Gasteiger partial charge in [0.25, 0.3) is 0 Å².